The van der Waals surface area contributed by atoms with Crippen LogP contribution in [-0.2, 0) is 0 Å². The third-order valence-electron chi connectivity index (χ3n) is 4.21. The largest absolute Gasteiger partial charge is 0.396 e. The lowest BCUT2D eigenvalue weighted by molar-refractivity contribution is 0.0945. The number of hydrogen-bond acceptors (Lipinski definition) is 2. The van der Waals surface area contributed by atoms with Crippen LogP contribution in [0.3, 0.4) is 0 Å². The lowest BCUT2D eigenvalue weighted by atomic mass is 9.81. The van der Waals surface area contributed by atoms with Crippen LogP contribution in [0, 0.1) is 23.5 Å². The Kier molecular flexibility index (Phi) is 5.15. The summed E-state index contributed by atoms with van der Waals surface area (Å²) in [6, 6.07) is 1.69. The Hall–Kier alpha value is -1.65. The zero-order valence-electron chi connectivity index (χ0n) is 12.3. The van der Waals surface area contributed by atoms with Gasteiger partial charge in [0.15, 0.2) is 0 Å². The normalized spacial score (nSPS) is 22.0. The molecule has 2 rings (SSSR count). The van der Waals surface area contributed by atoms with Crippen molar-refractivity contribution in [3.8, 4) is 0 Å². The van der Waals surface area contributed by atoms with Gasteiger partial charge >= 0.3 is 0 Å². The molecule has 5 heteroatoms. The van der Waals surface area contributed by atoms with Crippen LogP contribution in [-0.4, -0.2) is 12.5 Å². The molecular weight excluding hydrogens is 274 g/mol. The molecule has 0 aliphatic heterocycles. The Labute approximate surface area is 123 Å². The molecule has 116 valence electrons. The maximum absolute atomic E-state index is 13.6. The van der Waals surface area contributed by atoms with Crippen molar-refractivity contribution in [1.29, 1.82) is 0 Å². The second kappa shape index (κ2) is 6.87. The third-order valence-corrected chi connectivity index (χ3v) is 4.21. The Morgan fingerprint density at radius 2 is 2.10 bits per heavy atom. The average Bonchev–Trinajstić information content (AvgIpc) is 2.43. The molecule has 2 unspecified atom stereocenters. The van der Waals surface area contributed by atoms with Crippen molar-refractivity contribution in [2.75, 3.05) is 12.3 Å². The Morgan fingerprint density at radius 3 is 2.81 bits per heavy atom. The fourth-order valence-corrected chi connectivity index (χ4v) is 3.05. The van der Waals surface area contributed by atoms with Crippen molar-refractivity contribution < 1.29 is 13.6 Å². The lowest BCUT2D eigenvalue weighted by Crippen LogP contribution is -2.28. The number of anilines is 1. The van der Waals surface area contributed by atoms with E-state index < -0.39 is 17.5 Å². The van der Waals surface area contributed by atoms with Gasteiger partial charge in [0.05, 0.1) is 11.3 Å². The van der Waals surface area contributed by atoms with Crippen LogP contribution in [0.4, 0.5) is 14.5 Å². The van der Waals surface area contributed by atoms with E-state index in [2.05, 4.69) is 12.2 Å². The molecule has 1 aliphatic rings. The summed E-state index contributed by atoms with van der Waals surface area (Å²) in [6.07, 6.45) is 5.80. The average molecular weight is 296 g/mol. The van der Waals surface area contributed by atoms with Crippen LogP contribution < -0.4 is 11.1 Å². The van der Waals surface area contributed by atoms with Crippen molar-refractivity contribution in [3.63, 3.8) is 0 Å². The Balaban J connectivity index is 1.86. The predicted molar refractivity (Wildman–Crippen MR) is 78.8 cm³/mol. The number of amides is 1. The molecule has 1 amide bonds. The van der Waals surface area contributed by atoms with Crippen molar-refractivity contribution in [3.05, 3.63) is 29.3 Å². The van der Waals surface area contributed by atoms with Crippen LogP contribution in [0.25, 0.3) is 0 Å². The second-order valence-corrected chi connectivity index (χ2v) is 6.04. The smallest absolute Gasteiger partial charge is 0.254 e. The van der Waals surface area contributed by atoms with E-state index >= 15 is 0 Å². The maximum Gasteiger partial charge on any atom is 0.254 e. The van der Waals surface area contributed by atoms with Gasteiger partial charge < -0.3 is 11.1 Å². The molecule has 1 aliphatic carbocycles. The Morgan fingerprint density at radius 1 is 1.33 bits per heavy atom. The van der Waals surface area contributed by atoms with Gasteiger partial charge in [-0.15, -0.1) is 0 Å². The molecule has 0 radical (unpaired) electrons. The SMILES string of the molecule is CC1CCCC(CCNC(=O)c2cc(N)c(F)cc2F)C1. The van der Waals surface area contributed by atoms with Crippen LogP contribution in [0.5, 0.6) is 0 Å². The molecule has 0 aromatic heterocycles. The first-order chi connectivity index (χ1) is 9.97. The number of nitrogens with two attached hydrogens (primary N) is 1. The van der Waals surface area contributed by atoms with E-state index in [-0.39, 0.29) is 11.3 Å². The predicted octanol–water partition coefficient (Wildman–Crippen LogP) is 3.49. The van der Waals surface area contributed by atoms with Gasteiger partial charge in [-0.2, -0.15) is 0 Å². The maximum atomic E-state index is 13.6. The number of hydrogen-bond donors (Lipinski definition) is 2. The molecule has 0 saturated heterocycles. The number of carbonyl (C=O) groups excluding carboxylic acids is 1. The zero-order chi connectivity index (χ0) is 15.4. The van der Waals surface area contributed by atoms with E-state index in [9.17, 15) is 13.6 Å². The number of rotatable bonds is 4. The first-order valence-corrected chi connectivity index (χ1v) is 7.50. The van der Waals surface area contributed by atoms with E-state index in [0.717, 1.165) is 18.4 Å². The molecule has 1 aromatic carbocycles. The van der Waals surface area contributed by atoms with Gasteiger partial charge in [-0.25, -0.2) is 8.78 Å². The molecule has 3 N–H and O–H groups in total. The summed E-state index contributed by atoms with van der Waals surface area (Å²) in [5, 5.41) is 2.69. The van der Waals surface area contributed by atoms with E-state index in [0.29, 0.717) is 18.5 Å². The molecule has 1 saturated carbocycles. The van der Waals surface area contributed by atoms with Gasteiger partial charge in [-0.1, -0.05) is 26.2 Å². The molecule has 0 bridgehead atoms. The highest BCUT2D eigenvalue weighted by atomic mass is 19.1. The first-order valence-electron chi connectivity index (χ1n) is 7.50. The summed E-state index contributed by atoms with van der Waals surface area (Å²) >= 11 is 0. The third kappa shape index (κ3) is 4.16. The first kappa shape index (κ1) is 15.7. The van der Waals surface area contributed by atoms with Crippen LogP contribution in [0.2, 0.25) is 0 Å². The van der Waals surface area contributed by atoms with Crippen molar-refractivity contribution in [1.82, 2.24) is 5.32 Å². The standard InChI is InChI=1S/C16H22F2N2O/c1-10-3-2-4-11(7-10)5-6-20-16(21)12-8-15(19)14(18)9-13(12)17/h8-11H,2-7,19H2,1H3,(H,20,21). The summed E-state index contributed by atoms with van der Waals surface area (Å²) in [6.45, 7) is 2.76. The summed E-state index contributed by atoms with van der Waals surface area (Å²) < 4.78 is 26.6. The monoisotopic (exact) mass is 296 g/mol. The molecule has 1 fully saturated rings. The summed E-state index contributed by atoms with van der Waals surface area (Å²) in [7, 11) is 0. The van der Waals surface area contributed by atoms with Gasteiger partial charge in [0.2, 0.25) is 0 Å². The summed E-state index contributed by atoms with van der Waals surface area (Å²) in [5.74, 6) is -0.903. The van der Waals surface area contributed by atoms with Crippen molar-refractivity contribution in [2.24, 2.45) is 11.8 Å². The van der Waals surface area contributed by atoms with Gasteiger partial charge in [-0.3, -0.25) is 4.79 Å². The number of nitrogens with one attached hydrogen (secondary N) is 1. The number of nitrogen functional groups attached to an aromatic ring is 1. The number of carbonyl (C=O) groups is 1. The molecule has 0 spiro atoms. The van der Waals surface area contributed by atoms with E-state index in [1.165, 1.54) is 25.7 Å². The quantitative estimate of drug-likeness (QED) is 0.836. The molecule has 2 atom stereocenters. The fourth-order valence-electron chi connectivity index (χ4n) is 3.05. The fraction of sp³-hybridized carbons (Fsp3) is 0.562. The van der Waals surface area contributed by atoms with E-state index in [1.54, 1.807) is 0 Å². The lowest BCUT2D eigenvalue weighted by Gasteiger charge is -2.26. The highest BCUT2D eigenvalue weighted by Gasteiger charge is 2.19. The summed E-state index contributed by atoms with van der Waals surface area (Å²) in [5.41, 5.74) is 4.94. The van der Waals surface area contributed by atoms with Crippen LogP contribution in [0.1, 0.15) is 49.4 Å². The van der Waals surface area contributed by atoms with E-state index in [1.807, 2.05) is 0 Å². The van der Waals surface area contributed by atoms with Crippen LogP contribution in [0.15, 0.2) is 12.1 Å². The molecule has 21 heavy (non-hydrogen) atoms. The highest BCUT2D eigenvalue weighted by Crippen LogP contribution is 2.30. The molecule has 0 heterocycles. The van der Waals surface area contributed by atoms with Gasteiger partial charge in [0, 0.05) is 12.6 Å². The number of benzene rings is 1. The summed E-state index contributed by atoms with van der Waals surface area (Å²) in [4.78, 5) is 11.9. The van der Waals surface area contributed by atoms with Gasteiger partial charge in [0.1, 0.15) is 11.6 Å². The topological polar surface area (TPSA) is 55.1 Å². The minimum absolute atomic E-state index is 0.203. The minimum Gasteiger partial charge on any atom is -0.396 e. The van der Waals surface area contributed by atoms with Crippen molar-refractivity contribution in [2.45, 2.75) is 39.0 Å². The highest BCUT2D eigenvalue weighted by molar-refractivity contribution is 5.95. The molecular formula is C16H22F2N2O. The van der Waals surface area contributed by atoms with Crippen molar-refractivity contribution >= 4 is 11.6 Å². The van der Waals surface area contributed by atoms with Gasteiger partial charge in [0.25, 0.3) is 5.91 Å². The molecule has 3 nitrogen and oxygen atoms in total. The minimum atomic E-state index is -0.884. The van der Waals surface area contributed by atoms with E-state index in [4.69, 9.17) is 5.73 Å². The number of halogens is 2. The molecule has 1 aromatic rings. The van der Waals surface area contributed by atoms with Gasteiger partial charge in [-0.05, 0) is 30.7 Å². The second-order valence-electron chi connectivity index (χ2n) is 6.04. The van der Waals surface area contributed by atoms with Crippen LogP contribution >= 0.6 is 0 Å². The Bertz CT molecular complexity index is 519. The zero-order valence-corrected chi connectivity index (χ0v) is 12.3.